The molecule has 0 unspecified atom stereocenters. The monoisotopic (exact) mass is 342 g/mol. The molecule has 0 fully saturated rings. The average molecular weight is 343 g/mol. The van der Waals surface area contributed by atoms with E-state index in [1.165, 1.54) is 18.2 Å². The standard InChI is InChI=1S/C11H7BrN2O6/c12-6-1-2-10(9(3-6)14(17)18)19-5-7-4-8(11(15)16)13-20-7/h1-4H,5H2,(H,15,16). The number of benzene rings is 1. The molecule has 1 N–H and O–H groups in total. The molecule has 0 bridgehead atoms. The van der Waals surface area contributed by atoms with Crippen LogP contribution in [0.25, 0.3) is 0 Å². The molecule has 1 heterocycles. The fourth-order valence-corrected chi connectivity index (χ4v) is 1.73. The number of carboxylic acid groups (broad SMARTS) is 1. The van der Waals surface area contributed by atoms with Crippen LogP contribution in [0, 0.1) is 10.1 Å². The maximum atomic E-state index is 10.9. The number of carbonyl (C=O) groups is 1. The smallest absolute Gasteiger partial charge is 0.358 e. The molecule has 8 nitrogen and oxygen atoms in total. The van der Waals surface area contributed by atoms with Crippen molar-refractivity contribution >= 4 is 27.6 Å². The van der Waals surface area contributed by atoms with Crippen molar-refractivity contribution in [3.8, 4) is 5.75 Å². The highest BCUT2D eigenvalue weighted by Crippen LogP contribution is 2.30. The highest BCUT2D eigenvalue weighted by Gasteiger charge is 2.17. The summed E-state index contributed by atoms with van der Waals surface area (Å²) in [5, 5.41) is 22.8. The molecule has 0 aliphatic rings. The highest BCUT2D eigenvalue weighted by atomic mass is 79.9. The fourth-order valence-electron chi connectivity index (χ4n) is 1.39. The van der Waals surface area contributed by atoms with E-state index < -0.39 is 10.9 Å². The molecule has 2 aromatic rings. The Morgan fingerprint density at radius 3 is 2.85 bits per heavy atom. The maximum absolute atomic E-state index is 10.9. The lowest BCUT2D eigenvalue weighted by atomic mass is 10.3. The molecule has 0 aliphatic heterocycles. The predicted molar refractivity (Wildman–Crippen MR) is 68.6 cm³/mol. The van der Waals surface area contributed by atoms with Gasteiger partial charge in [-0.15, -0.1) is 0 Å². The van der Waals surface area contributed by atoms with E-state index in [1.54, 1.807) is 6.07 Å². The van der Waals surface area contributed by atoms with Crippen LogP contribution in [0.15, 0.2) is 33.3 Å². The second-order valence-corrected chi connectivity index (χ2v) is 4.56. The second kappa shape index (κ2) is 5.70. The number of hydrogen-bond acceptors (Lipinski definition) is 6. The van der Waals surface area contributed by atoms with Crippen LogP contribution in [0.4, 0.5) is 5.69 Å². The Hall–Kier alpha value is -2.42. The molecule has 0 radical (unpaired) electrons. The molecule has 1 aromatic heterocycles. The minimum absolute atomic E-state index is 0.0477. The Morgan fingerprint density at radius 2 is 2.25 bits per heavy atom. The minimum Gasteiger partial charge on any atom is -0.479 e. The lowest BCUT2D eigenvalue weighted by Crippen LogP contribution is -1.98. The second-order valence-electron chi connectivity index (χ2n) is 3.64. The van der Waals surface area contributed by atoms with Crippen molar-refractivity contribution in [1.82, 2.24) is 5.16 Å². The van der Waals surface area contributed by atoms with E-state index >= 15 is 0 Å². The summed E-state index contributed by atoms with van der Waals surface area (Å²) >= 11 is 3.13. The molecule has 0 aliphatic carbocycles. The number of nitro groups is 1. The van der Waals surface area contributed by atoms with E-state index in [9.17, 15) is 14.9 Å². The van der Waals surface area contributed by atoms with Crippen LogP contribution in [0.2, 0.25) is 0 Å². The number of ether oxygens (including phenoxy) is 1. The van der Waals surface area contributed by atoms with Crippen LogP contribution in [-0.2, 0) is 6.61 Å². The zero-order chi connectivity index (χ0) is 14.7. The van der Waals surface area contributed by atoms with E-state index in [1.807, 2.05) is 0 Å². The maximum Gasteiger partial charge on any atom is 0.358 e. The zero-order valence-corrected chi connectivity index (χ0v) is 11.4. The van der Waals surface area contributed by atoms with Gasteiger partial charge in [-0.05, 0) is 12.1 Å². The molecule has 0 amide bonds. The first-order valence-corrected chi connectivity index (χ1v) is 6.02. The summed E-state index contributed by atoms with van der Waals surface area (Å²) in [5.41, 5.74) is -0.466. The number of carboxylic acids is 1. The molecule has 0 atom stereocenters. The van der Waals surface area contributed by atoms with Gasteiger partial charge in [0.2, 0.25) is 0 Å². The molecule has 0 saturated heterocycles. The Bertz CT molecular complexity index is 669. The van der Waals surface area contributed by atoms with Gasteiger partial charge in [-0.2, -0.15) is 0 Å². The first kappa shape index (κ1) is 14.0. The van der Waals surface area contributed by atoms with Crippen LogP contribution in [-0.4, -0.2) is 21.2 Å². The molecular weight excluding hydrogens is 336 g/mol. The van der Waals surface area contributed by atoms with E-state index in [0.29, 0.717) is 4.47 Å². The largest absolute Gasteiger partial charge is 0.479 e. The topological polar surface area (TPSA) is 116 Å². The number of aromatic carboxylic acids is 1. The van der Waals surface area contributed by atoms with Gasteiger partial charge in [0.05, 0.1) is 4.92 Å². The Balaban J connectivity index is 2.14. The zero-order valence-electron chi connectivity index (χ0n) is 9.78. The van der Waals surface area contributed by atoms with Crippen LogP contribution in [0.5, 0.6) is 5.75 Å². The quantitative estimate of drug-likeness (QED) is 0.655. The summed E-state index contributed by atoms with van der Waals surface area (Å²) in [6.45, 7) is -0.164. The van der Waals surface area contributed by atoms with E-state index in [2.05, 4.69) is 21.1 Å². The molecule has 1 aromatic carbocycles. The van der Waals surface area contributed by atoms with Crippen molar-refractivity contribution in [2.75, 3.05) is 0 Å². The van der Waals surface area contributed by atoms with Crippen LogP contribution >= 0.6 is 15.9 Å². The summed E-state index contributed by atoms with van der Waals surface area (Å²) in [6, 6.07) is 5.51. The molecule has 9 heteroatoms. The van der Waals surface area contributed by atoms with E-state index in [4.69, 9.17) is 14.4 Å². The molecule has 0 spiro atoms. The van der Waals surface area contributed by atoms with Crippen molar-refractivity contribution < 1.29 is 24.1 Å². The third-order valence-corrected chi connectivity index (χ3v) is 2.76. The number of hydrogen-bond donors (Lipinski definition) is 1. The lowest BCUT2D eigenvalue weighted by Gasteiger charge is -2.04. The third kappa shape index (κ3) is 3.12. The number of halogens is 1. The SMILES string of the molecule is O=C(O)c1cc(COc2ccc(Br)cc2[N+](=O)[O-])on1. The normalized spacial score (nSPS) is 10.2. The first-order valence-electron chi connectivity index (χ1n) is 5.23. The van der Waals surface area contributed by atoms with Gasteiger partial charge in [0.15, 0.2) is 17.2 Å². The van der Waals surface area contributed by atoms with Crippen molar-refractivity contribution in [2.45, 2.75) is 6.61 Å². The summed E-state index contributed by atoms with van der Waals surface area (Å²) in [6.07, 6.45) is 0. The van der Waals surface area contributed by atoms with Gasteiger partial charge in [-0.25, -0.2) is 4.79 Å². The Morgan fingerprint density at radius 1 is 1.50 bits per heavy atom. The van der Waals surface area contributed by atoms with Crippen molar-refractivity contribution in [3.05, 3.63) is 50.3 Å². The van der Waals surface area contributed by atoms with Crippen molar-refractivity contribution in [2.24, 2.45) is 0 Å². The number of nitrogens with zero attached hydrogens (tertiary/aromatic N) is 2. The van der Waals surface area contributed by atoms with Crippen molar-refractivity contribution in [3.63, 3.8) is 0 Å². The number of nitro benzene ring substituents is 1. The molecule has 0 saturated carbocycles. The van der Waals surface area contributed by atoms with Gasteiger partial charge in [-0.1, -0.05) is 21.1 Å². The van der Waals surface area contributed by atoms with Crippen LogP contribution in [0.3, 0.4) is 0 Å². The number of aromatic nitrogens is 1. The molecular formula is C11H7BrN2O6. The molecule has 104 valence electrons. The van der Waals surface area contributed by atoms with Gasteiger partial charge in [0.1, 0.15) is 6.61 Å². The van der Waals surface area contributed by atoms with E-state index in [-0.39, 0.29) is 29.5 Å². The molecule has 20 heavy (non-hydrogen) atoms. The van der Waals surface area contributed by atoms with Crippen LogP contribution in [0.1, 0.15) is 16.2 Å². The molecule has 2 rings (SSSR count). The third-order valence-electron chi connectivity index (χ3n) is 2.27. The van der Waals surface area contributed by atoms with E-state index in [0.717, 1.165) is 0 Å². The van der Waals surface area contributed by atoms with Gasteiger partial charge < -0.3 is 14.4 Å². The Kier molecular flexibility index (Phi) is 3.99. The van der Waals surface area contributed by atoms with Crippen LogP contribution < -0.4 is 4.74 Å². The van der Waals surface area contributed by atoms with Crippen molar-refractivity contribution in [1.29, 1.82) is 0 Å². The average Bonchev–Trinajstić information content (AvgIpc) is 2.86. The summed E-state index contributed by atoms with van der Waals surface area (Å²) in [5.74, 6) is -1.03. The summed E-state index contributed by atoms with van der Waals surface area (Å²) < 4.78 is 10.5. The van der Waals surface area contributed by atoms with Gasteiger partial charge in [0.25, 0.3) is 0 Å². The Labute approximate surface area is 120 Å². The van der Waals surface area contributed by atoms with Gasteiger partial charge in [0, 0.05) is 16.6 Å². The minimum atomic E-state index is -1.23. The summed E-state index contributed by atoms with van der Waals surface area (Å²) in [4.78, 5) is 20.9. The lowest BCUT2D eigenvalue weighted by molar-refractivity contribution is -0.386. The predicted octanol–water partition coefficient (Wildman–Crippen LogP) is 2.62. The first-order chi connectivity index (χ1) is 9.47. The fraction of sp³-hybridized carbons (Fsp3) is 0.0909. The number of rotatable bonds is 5. The highest BCUT2D eigenvalue weighted by molar-refractivity contribution is 9.10. The van der Waals surface area contributed by atoms with Gasteiger partial charge >= 0.3 is 11.7 Å². The summed E-state index contributed by atoms with van der Waals surface area (Å²) in [7, 11) is 0. The van der Waals surface area contributed by atoms with Gasteiger partial charge in [-0.3, -0.25) is 10.1 Å².